The highest BCUT2D eigenvalue weighted by Crippen LogP contribution is 2.14. The van der Waals surface area contributed by atoms with E-state index in [2.05, 4.69) is 10.6 Å². The molecule has 0 radical (unpaired) electrons. The summed E-state index contributed by atoms with van der Waals surface area (Å²) in [6.45, 7) is -0.0517. The van der Waals surface area contributed by atoms with Gasteiger partial charge in [-0.2, -0.15) is 0 Å². The fourth-order valence-corrected chi connectivity index (χ4v) is 1.77. The summed E-state index contributed by atoms with van der Waals surface area (Å²) in [5, 5.41) is 4.64. The molecule has 2 aromatic rings. The van der Waals surface area contributed by atoms with Crippen LogP contribution in [0.15, 0.2) is 42.5 Å². The predicted molar refractivity (Wildman–Crippen MR) is 79.1 cm³/mol. The molecule has 0 aliphatic carbocycles. The lowest BCUT2D eigenvalue weighted by atomic mass is 10.2. The van der Waals surface area contributed by atoms with Crippen molar-refractivity contribution >= 4 is 12.0 Å². The van der Waals surface area contributed by atoms with Crippen LogP contribution in [0, 0.1) is 17.5 Å². The van der Waals surface area contributed by atoms with Gasteiger partial charge in [-0.25, -0.2) is 18.0 Å². The monoisotopic (exact) mass is 338 g/mol. The average molecular weight is 338 g/mol. The second-order valence-corrected chi connectivity index (χ2v) is 4.61. The first kappa shape index (κ1) is 17.3. The molecule has 126 valence electrons. The first-order valence-electron chi connectivity index (χ1n) is 6.91. The predicted octanol–water partition coefficient (Wildman–Crippen LogP) is 2.62. The zero-order valence-electron chi connectivity index (χ0n) is 12.3. The van der Waals surface area contributed by atoms with Crippen LogP contribution in [0.2, 0.25) is 0 Å². The molecule has 5 nitrogen and oxygen atoms in total. The zero-order chi connectivity index (χ0) is 17.5. The van der Waals surface area contributed by atoms with E-state index in [0.29, 0.717) is 11.8 Å². The van der Waals surface area contributed by atoms with Crippen molar-refractivity contribution in [3.8, 4) is 5.75 Å². The number of para-hydroxylation sites is 1. The number of amides is 2. The van der Waals surface area contributed by atoms with E-state index in [0.717, 1.165) is 6.07 Å². The van der Waals surface area contributed by atoms with Gasteiger partial charge in [0.25, 0.3) is 5.91 Å². The Morgan fingerprint density at radius 2 is 1.54 bits per heavy atom. The van der Waals surface area contributed by atoms with Gasteiger partial charge in [0.05, 0.1) is 5.56 Å². The van der Waals surface area contributed by atoms with Crippen molar-refractivity contribution in [2.45, 2.75) is 0 Å². The lowest BCUT2D eigenvalue weighted by Crippen LogP contribution is -2.36. The molecule has 8 heteroatoms. The molecule has 0 atom stereocenters. The van der Waals surface area contributed by atoms with E-state index in [4.69, 9.17) is 4.74 Å². The summed E-state index contributed by atoms with van der Waals surface area (Å²) in [6, 6.07) is 9.82. The van der Waals surface area contributed by atoms with Crippen molar-refractivity contribution < 1.29 is 27.5 Å². The molecular weight excluding hydrogens is 325 g/mol. The van der Waals surface area contributed by atoms with Crippen molar-refractivity contribution in [3.63, 3.8) is 0 Å². The number of rotatable bonds is 5. The molecular formula is C16H13F3N2O3. The Kier molecular flexibility index (Phi) is 5.78. The zero-order valence-corrected chi connectivity index (χ0v) is 12.3. The van der Waals surface area contributed by atoms with E-state index in [-0.39, 0.29) is 13.1 Å². The second-order valence-electron chi connectivity index (χ2n) is 4.61. The van der Waals surface area contributed by atoms with Crippen LogP contribution in [-0.2, 0) is 0 Å². The topological polar surface area (TPSA) is 67.4 Å². The van der Waals surface area contributed by atoms with Crippen LogP contribution in [-0.4, -0.2) is 25.1 Å². The lowest BCUT2D eigenvalue weighted by Gasteiger charge is -2.08. The summed E-state index contributed by atoms with van der Waals surface area (Å²) in [5.74, 6) is -5.24. The summed E-state index contributed by atoms with van der Waals surface area (Å²) in [4.78, 5) is 23.1. The van der Waals surface area contributed by atoms with Gasteiger partial charge in [-0.15, -0.1) is 0 Å². The van der Waals surface area contributed by atoms with Crippen LogP contribution < -0.4 is 15.4 Å². The maximum Gasteiger partial charge on any atom is 0.412 e. The molecule has 0 aromatic heterocycles. The third-order valence-corrected chi connectivity index (χ3v) is 2.91. The van der Waals surface area contributed by atoms with Crippen molar-refractivity contribution in [1.29, 1.82) is 0 Å². The SMILES string of the molecule is O=C(NCCNC(=O)c1ccc(F)c(F)c1F)Oc1ccccc1. The van der Waals surface area contributed by atoms with E-state index >= 15 is 0 Å². The molecule has 24 heavy (non-hydrogen) atoms. The molecule has 0 fully saturated rings. The maximum atomic E-state index is 13.4. The summed E-state index contributed by atoms with van der Waals surface area (Å²) >= 11 is 0. The van der Waals surface area contributed by atoms with Gasteiger partial charge in [0.2, 0.25) is 0 Å². The Balaban J connectivity index is 1.77. The Bertz CT molecular complexity index is 739. The van der Waals surface area contributed by atoms with Crippen LogP contribution in [0.25, 0.3) is 0 Å². The minimum atomic E-state index is -1.72. The molecule has 0 saturated heterocycles. The first-order chi connectivity index (χ1) is 11.5. The minimum absolute atomic E-state index is 0.00268. The minimum Gasteiger partial charge on any atom is -0.410 e. The number of carbonyl (C=O) groups is 2. The summed E-state index contributed by atoms with van der Waals surface area (Å²) in [5.41, 5.74) is -0.624. The van der Waals surface area contributed by atoms with Gasteiger partial charge in [0, 0.05) is 13.1 Å². The van der Waals surface area contributed by atoms with Crippen LogP contribution >= 0.6 is 0 Å². The van der Waals surface area contributed by atoms with E-state index in [1.165, 1.54) is 0 Å². The molecule has 2 N–H and O–H groups in total. The summed E-state index contributed by atoms with van der Waals surface area (Å²) in [7, 11) is 0. The van der Waals surface area contributed by atoms with Crippen molar-refractivity contribution in [2.24, 2.45) is 0 Å². The van der Waals surface area contributed by atoms with Crippen LogP contribution in [0.5, 0.6) is 5.75 Å². The van der Waals surface area contributed by atoms with Crippen LogP contribution in [0.3, 0.4) is 0 Å². The molecule has 2 amide bonds. The highest BCUT2D eigenvalue weighted by atomic mass is 19.2. The molecule has 0 unspecified atom stereocenters. The molecule has 0 aliphatic rings. The number of nitrogens with one attached hydrogen (secondary N) is 2. The highest BCUT2D eigenvalue weighted by Gasteiger charge is 2.18. The van der Waals surface area contributed by atoms with Crippen LogP contribution in [0.1, 0.15) is 10.4 Å². The Labute approximate surface area is 135 Å². The molecule has 0 heterocycles. The normalized spacial score (nSPS) is 10.1. The summed E-state index contributed by atoms with van der Waals surface area (Å²) in [6.07, 6.45) is -0.727. The molecule has 0 saturated carbocycles. The lowest BCUT2D eigenvalue weighted by molar-refractivity contribution is 0.0948. The Morgan fingerprint density at radius 1 is 0.875 bits per heavy atom. The van der Waals surface area contributed by atoms with E-state index < -0.39 is 35.0 Å². The van der Waals surface area contributed by atoms with Crippen molar-refractivity contribution in [1.82, 2.24) is 10.6 Å². The molecule has 0 spiro atoms. The van der Waals surface area contributed by atoms with Gasteiger partial charge in [0.15, 0.2) is 17.5 Å². The van der Waals surface area contributed by atoms with Crippen LogP contribution in [0.4, 0.5) is 18.0 Å². The fraction of sp³-hybridized carbons (Fsp3) is 0.125. The van der Waals surface area contributed by atoms with E-state index in [1.54, 1.807) is 30.3 Å². The van der Waals surface area contributed by atoms with Gasteiger partial charge in [0.1, 0.15) is 5.75 Å². The van der Waals surface area contributed by atoms with Crippen molar-refractivity contribution in [3.05, 3.63) is 65.5 Å². The van der Waals surface area contributed by atoms with E-state index in [9.17, 15) is 22.8 Å². The number of hydrogen-bond donors (Lipinski definition) is 2. The first-order valence-corrected chi connectivity index (χ1v) is 6.91. The Hall–Kier alpha value is -3.03. The third-order valence-electron chi connectivity index (χ3n) is 2.91. The number of halogens is 3. The molecule has 2 rings (SSSR count). The highest BCUT2D eigenvalue weighted by molar-refractivity contribution is 5.94. The molecule has 2 aromatic carbocycles. The number of ether oxygens (including phenoxy) is 1. The maximum absolute atomic E-state index is 13.4. The van der Waals surface area contributed by atoms with Gasteiger partial charge in [-0.05, 0) is 24.3 Å². The largest absolute Gasteiger partial charge is 0.412 e. The second kappa shape index (κ2) is 8.00. The fourth-order valence-electron chi connectivity index (χ4n) is 1.77. The quantitative estimate of drug-likeness (QED) is 0.650. The number of hydrogen-bond acceptors (Lipinski definition) is 3. The third kappa shape index (κ3) is 4.48. The van der Waals surface area contributed by atoms with Gasteiger partial charge in [-0.3, -0.25) is 4.79 Å². The standard InChI is InChI=1S/C16H13F3N2O3/c17-12-7-6-11(13(18)14(12)19)15(22)20-8-9-21-16(23)24-10-4-2-1-3-5-10/h1-7H,8-9H2,(H,20,22)(H,21,23). The van der Waals surface area contributed by atoms with Gasteiger partial charge < -0.3 is 15.4 Å². The Morgan fingerprint density at radius 3 is 2.25 bits per heavy atom. The van der Waals surface area contributed by atoms with Gasteiger partial charge in [-0.1, -0.05) is 18.2 Å². The number of benzene rings is 2. The smallest absolute Gasteiger partial charge is 0.410 e. The number of carbonyl (C=O) groups excluding carboxylic acids is 2. The average Bonchev–Trinajstić information content (AvgIpc) is 2.57. The molecule has 0 bridgehead atoms. The van der Waals surface area contributed by atoms with Gasteiger partial charge >= 0.3 is 6.09 Å². The summed E-state index contributed by atoms with van der Waals surface area (Å²) < 4.78 is 44.2. The van der Waals surface area contributed by atoms with E-state index in [1.807, 2.05) is 0 Å². The molecule has 0 aliphatic heterocycles. The van der Waals surface area contributed by atoms with Crippen molar-refractivity contribution in [2.75, 3.05) is 13.1 Å².